The van der Waals surface area contributed by atoms with E-state index >= 15 is 0 Å². The average molecular weight is 604 g/mol. The van der Waals surface area contributed by atoms with Gasteiger partial charge in [0.15, 0.2) is 11.3 Å². The largest absolute Gasteiger partial charge is 0.467 e. The Bertz CT molecular complexity index is 995. The van der Waals surface area contributed by atoms with Crippen molar-refractivity contribution in [2.24, 2.45) is 0 Å². The zero-order valence-electron chi connectivity index (χ0n) is 26.9. The number of carbonyl (C=O) groups excluding carboxylic acids is 3. The Balaban J connectivity index is 2.00. The Morgan fingerprint density at radius 3 is 2.26 bits per heavy atom. The SMILES string of the molecule is CCCCCCC(=O)CCCCCC/C=C/C[C@H]1OC(C)(C)O[C@@H]1[C@](COCOC)(NC(=O)c1ccccc1)C(=O)OC. The molecule has 9 nitrogen and oxygen atoms in total. The maximum absolute atomic E-state index is 13.4. The molecule has 0 spiro atoms. The molecule has 0 aliphatic carbocycles. The van der Waals surface area contributed by atoms with Gasteiger partial charge in [0.1, 0.15) is 18.7 Å². The van der Waals surface area contributed by atoms with Crippen LogP contribution in [-0.4, -0.2) is 68.8 Å². The Labute approximate surface area is 258 Å². The summed E-state index contributed by atoms with van der Waals surface area (Å²) in [6, 6.07) is 8.63. The number of Topliss-reactive ketones (excluding diaryl/α,β-unsaturated/α-hetero) is 1. The van der Waals surface area contributed by atoms with Crippen LogP contribution in [0.5, 0.6) is 0 Å². The maximum Gasteiger partial charge on any atom is 0.336 e. The van der Waals surface area contributed by atoms with Crippen LogP contribution in [0.3, 0.4) is 0 Å². The molecule has 242 valence electrons. The number of ketones is 1. The van der Waals surface area contributed by atoms with Crippen molar-refractivity contribution in [3.05, 3.63) is 48.0 Å². The van der Waals surface area contributed by atoms with Gasteiger partial charge >= 0.3 is 5.97 Å². The van der Waals surface area contributed by atoms with Gasteiger partial charge in [-0.3, -0.25) is 9.59 Å². The van der Waals surface area contributed by atoms with Crippen LogP contribution in [0.2, 0.25) is 0 Å². The Hall–Kier alpha value is -2.59. The van der Waals surface area contributed by atoms with E-state index in [-0.39, 0.29) is 13.4 Å². The van der Waals surface area contributed by atoms with E-state index in [1.165, 1.54) is 27.1 Å². The summed E-state index contributed by atoms with van der Waals surface area (Å²) < 4.78 is 28.4. The van der Waals surface area contributed by atoms with Crippen molar-refractivity contribution < 1.29 is 38.1 Å². The topological polar surface area (TPSA) is 109 Å². The molecule has 0 radical (unpaired) electrons. The molecule has 2 rings (SSSR count). The molecule has 0 bridgehead atoms. The van der Waals surface area contributed by atoms with E-state index in [0.717, 1.165) is 51.4 Å². The minimum atomic E-state index is -1.69. The van der Waals surface area contributed by atoms with Gasteiger partial charge in [0.2, 0.25) is 0 Å². The number of esters is 1. The predicted octanol–water partition coefficient (Wildman–Crippen LogP) is 6.30. The minimum absolute atomic E-state index is 0.0887. The summed E-state index contributed by atoms with van der Waals surface area (Å²) >= 11 is 0. The van der Waals surface area contributed by atoms with Gasteiger partial charge in [0.05, 0.1) is 19.8 Å². The van der Waals surface area contributed by atoms with E-state index in [2.05, 4.69) is 18.3 Å². The summed E-state index contributed by atoms with van der Waals surface area (Å²) in [5.74, 6) is -1.78. The molecular weight excluding hydrogens is 550 g/mol. The van der Waals surface area contributed by atoms with Gasteiger partial charge in [0.25, 0.3) is 5.91 Å². The van der Waals surface area contributed by atoms with Gasteiger partial charge in [-0.1, -0.05) is 69.4 Å². The molecule has 1 aliphatic rings. The smallest absolute Gasteiger partial charge is 0.336 e. The third-order valence-electron chi connectivity index (χ3n) is 7.54. The van der Waals surface area contributed by atoms with Crippen LogP contribution in [0.15, 0.2) is 42.5 Å². The molecule has 1 heterocycles. The zero-order chi connectivity index (χ0) is 31.6. The number of hydrogen-bond acceptors (Lipinski definition) is 8. The normalized spacial score (nSPS) is 19.3. The maximum atomic E-state index is 13.4. The lowest BCUT2D eigenvalue weighted by Gasteiger charge is -2.37. The predicted molar refractivity (Wildman–Crippen MR) is 166 cm³/mol. The summed E-state index contributed by atoms with van der Waals surface area (Å²) in [5, 5.41) is 2.87. The van der Waals surface area contributed by atoms with E-state index < -0.39 is 35.4 Å². The fourth-order valence-corrected chi connectivity index (χ4v) is 5.33. The summed E-state index contributed by atoms with van der Waals surface area (Å²) in [5.41, 5.74) is -1.31. The van der Waals surface area contributed by atoms with Crippen molar-refractivity contribution in [3.8, 4) is 0 Å². The summed E-state index contributed by atoms with van der Waals surface area (Å²) in [6.07, 6.45) is 14.1. The summed E-state index contributed by atoms with van der Waals surface area (Å²) in [4.78, 5) is 38.8. The van der Waals surface area contributed by atoms with Crippen LogP contribution in [0.1, 0.15) is 108 Å². The molecule has 1 amide bonds. The van der Waals surface area contributed by atoms with Crippen LogP contribution in [0.25, 0.3) is 0 Å². The lowest BCUT2D eigenvalue weighted by atomic mass is 9.87. The zero-order valence-corrected chi connectivity index (χ0v) is 26.9. The number of nitrogens with one attached hydrogen (secondary N) is 1. The van der Waals surface area contributed by atoms with Crippen LogP contribution >= 0.6 is 0 Å². The number of rotatable bonds is 22. The van der Waals surface area contributed by atoms with Crippen LogP contribution < -0.4 is 5.32 Å². The number of benzene rings is 1. The van der Waals surface area contributed by atoms with Gasteiger partial charge < -0.3 is 29.0 Å². The number of unbranched alkanes of at least 4 members (excludes halogenated alkanes) is 7. The van der Waals surface area contributed by atoms with E-state index in [1.807, 2.05) is 12.1 Å². The molecule has 43 heavy (non-hydrogen) atoms. The van der Waals surface area contributed by atoms with Gasteiger partial charge in [-0.25, -0.2) is 4.79 Å². The second-order valence-corrected chi connectivity index (χ2v) is 11.6. The lowest BCUT2D eigenvalue weighted by molar-refractivity contribution is -0.175. The Morgan fingerprint density at radius 1 is 0.930 bits per heavy atom. The van der Waals surface area contributed by atoms with Crippen molar-refractivity contribution in [1.82, 2.24) is 5.32 Å². The minimum Gasteiger partial charge on any atom is -0.467 e. The van der Waals surface area contributed by atoms with Crippen LogP contribution in [-0.2, 0) is 33.3 Å². The first-order chi connectivity index (χ1) is 20.7. The van der Waals surface area contributed by atoms with Crippen molar-refractivity contribution in [3.63, 3.8) is 0 Å². The van der Waals surface area contributed by atoms with Crippen molar-refractivity contribution in [2.75, 3.05) is 27.6 Å². The molecule has 1 saturated heterocycles. The van der Waals surface area contributed by atoms with Gasteiger partial charge in [-0.2, -0.15) is 0 Å². The second kappa shape index (κ2) is 19.6. The Morgan fingerprint density at radius 2 is 1.60 bits per heavy atom. The van der Waals surface area contributed by atoms with Crippen molar-refractivity contribution >= 4 is 17.7 Å². The summed E-state index contributed by atoms with van der Waals surface area (Å²) in [7, 11) is 2.74. The molecule has 1 aromatic carbocycles. The highest BCUT2D eigenvalue weighted by Crippen LogP contribution is 2.37. The van der Waals surface area contributed by atoms with E-state index in [9.17, 15) is 14.4 Å². The molecule has 0 aromatic heterocycles. The van der Waals surface area contributed by atoms with E-state index in [4.69, 9.17) is 23.7 Å². The molecule has 1 fully saturated rings. The van der Waals surface area contributed by atoms with Crippen LogP contribution in [0.4, 0.5) is 0 Å². The molecular formula is C34H53NO8. The first kappa shape index (κ1) is 36.6. The van der Waals surface area contributed by atoms with Crippen molar-refractivity contribution in [2.45, 2.75) is 121 Å². The van der Waals surface area contributed by atoms with E-state index in [0.29, 0.717) is 24.2 Å². The Kier molecular flexibility index (Phi) is 16.7. The highest BCUT2D eigenvalue weighted by Gasteiger charge is 2.58. The standard InChI is InChI=1S/C34H53NO8/c1-6-7-8-17-22-28(36)23-18-12-10-9-11-13-19-24-29-30(43-33(2,3)42-29)34(32(38)40-5,25-41-26-39-4)35-31(37)27-20-15-14-16-21-27/h13-16,19-21,29-30H,6-12,17-18,22-26H2,1-5H3,(H,35,37)/b19-13+/t29-,30+,34+/m1/s1. The molecule has 1 aromatic rings. The molecule has 1 N–H and O–H groups in total. The van der Waals surface area contributed by atoms with Crippen molar-refractivity contribution in [1.29, 1.82) is 0 Å². The quantitative estimate of drug-likeness (QED) is 0.0712. The number of hydrogen-bond donors (Lipinski definition) is 1. The van der Waals surface area contributed by atoms with Gasteiger partial charge in [0, 0.05) is 25.5 Å². The number of amides is 1. The molecule has 0 unspecified atom stereocenters. The number of methoxy groups -OCH3 is 2. The molecule has 1 aliphatic heterocycles. The highest BCUT2D eigenvalue weighted by atomic mass is 16.8. The summed E-state index contributed by atoms with van der Waals surface area (Å²) in [6.45, 7) is 5.40. The number of allylic oxidation sites excluding steroid dienone is 1. The first-order valence-corrected chi connectivity index (χ1v) is 15.7. The van der Waals surface area contributed by atoms with E-state index in [1.54, 1.807) is 38.1 Å². The molecule has 3 atom stereocenters. The van der Waals surface area contributed by atoms with Gasteiger partial charge in [-0.15, -0.1) is 0 Å². The number of ether oxygens (including phenoxy) is 5. The first-order valence-electron chi connectivity index (χ1n) is 15.7. The highest BCUT2D eigenvalue weighted by molar-refractivity contribution is 5.98. The third kappa shape index (κ3) is 12.5. The fraction of sp³-hybridized carbons (Fsp3) is 0.676. The molecule has 9 heteroatoms. The molecule has 0 saturated carbocycles. The fourth-order valence-electron chi connectivity index (χ4n) is 5.33. The second-order valence-electron chi connectivity index (χ2n) is 11.6. The van der Waals surface area contributed by atoms with Crippen LogP contribution in [0, 0.1) is 0 Å². The average Bonchev–Trinajstić information content (AvgIpc) is 3.32. The lowest BCUT2D eigenvalue weighted by Crippen LogP contribution is -2.67. The monoisotopic (exact) mass is 603 g/mol. The number of carbonyl (C=O) groups is 3. The van der Waals surface area contributed by atoms with Gasteiger partial charge in [-0.05, 0) is 58.1 Å². The third-order valence-corrected chi connectivity index (χ3v) is 7.54.